The van der Waals surface area contributed by atoms with Gasteiger partial charge in [0.15, 0.2) is 17.3 Å². The van der Waals surface area contributed by atoms with Crippen molar-refractivity contribution in [3.8, 4) is 11.5 Å². The monoisotopic (exact) mass is 419 g/mol. The quantitative estimate of drug-likeness (QED) is 0.753. The first-order valence-electron chi connectivity index (χ1n) is 10.3. The number of aromatic hydroxyl groups is 1. The number of carbonyl (C=O) groups excluding carboxylic acids is 2. The molecule has 0 spiro atoms. The second kappa shape index (κ2) is 8.38. The molecule has 31 heavy (non-hydrogen) atoms. The predicted molar refractivity (Wildman–Crippen MR) is 116 cm³/mol. The van der Waals surface area contributed by atoms with Crippen LogP contribution in [0.1, 0.15) is 42.7 Å². The predicted octanol–water partition coefficient (Wildman–Crippen LogP) is 4.15. The van der Waals surface area contributed by atoms with Gasteiger partial charge in [-0.2, -0.15) is 0 Å². The topological polar surface area (TPSA) is 85.2 Å². The summed E-state index contributed by atoms with van der Waals surface area (Å²) < 4.78 is 10.3. The maximum absolute atomic E-state index is 13.4. The van der Waals surface area contributed by atoms with Crippen LogP contribution in [-0.4, -0.2) is 36.8 Å². The van der Waals surface area contributed by atoms with Gasteiger partial charge in [-0.1, -0.05) is 36.4 Å². The fourth-order valence-electron chi connectivity index (χ4n) is 4.70. The summed E-state index contributed by atoms with van der Waals surface area (Å²) in [4.78, 5) is 30.9. The van der Waals surface area contributed by atoms with E-state index in [-0.39, 0.29) is 23.2 Å². The largest absolute Gasteiger partial charge is 0.504 e. The highest BCUT2D eigenvalue weighted by molar-refractivity contribution is 6.09. The molecule has 0 aromatic heterocycles. The number of ketones is 1. The minimum absolute atomic E-state index is 0.00428. The van der Waals surface area contributed by atoms with Crippen LogP contribution in [-0.2, 0) is 14.3 Å². The van der Waals surface area contributed by atoms with E-state index in [1.165, 1.54) is 20.3 Å². The van der Waals surface area contributed by atoms with Crippen LogP contribution in [0.3, 0.4) is 0 Å². The van der Waals surface area contributed by atoms with Crippen molar-refractivity contribution in [3.05, 3.63) is 70.9 Å². The molecule has 0 amide bonds. The third-order valence-electron chi connectivity index (χ3n) is 6.18. The molecule has 0 radical (unpaired) electrons. The Morgan fingerprint density at radius 2 is 1.81 bits per heavy atom. The molecular weight excluding hydrogens is 394 g/mol. The van der Waals surface area contributed by atoms with Crippen LogP contribution in [0.5, 0.6) is 11.5 Å². The van der Waals surface area contributed by atoms with Gasteiger partial charge in [0.1, 0.15) is 5.92 Å². The average molecular weight is 419 g/mol. The molecular formula is C25H25NO5. The van der Waals surface area contributed by atoms with Crippen molar-refractivity contribution < 1.29 is 24.2 Å². The van der Waals surface area contributed by atoms with Gasteiger partial charge < -0.3 is 14.6 Å². The normalized spacial score (nSPS) is 23.1. The van der Waals surface area contributed by atoms with E-state index < -0.39 is 17.8 Å². The van der Waals surface area contributed by atoms with Crippen LogP contribution < -0.4 is 4.74 Å². The number of phenolic OH excluding ortho intramolecular Hbond substituents is 1. The van der Waals surface area contributed by atoms with Crippen molar-refractivity contribution in [1.29, 1.82) is 0 Å². The number of benzene rings is 2. The number of nitrogens with zero attached hydrogens (tertiary/aromatic N) is 1. The van der Waals surface area contributed by atoms with Crippen LogP contribution >= 0.6 is 0 Å². The first kappa shape index (κ1) is 20.8. The van der Waals surface area contributed by atoms with E-state index in [9.17, 15) is 14.7 Å². The number of hydrogen-bond acceptors (Lipinski definition) is 6. The van der Waals surface area contributed by atoms with Gasteiger partial charge in [0.25, 0.3) is 0 Å². The number of Topliss-reactive ketones (excluding diaryl/α,β-unsaturated/α-hetero) is 1. The number of allylic oxidation sites excluding steroid dienone is 2. The van der Waals surface area contributed by atoms with E-state index in [0.29, 0.717) is 29.7 Å². The zero-order valence-electron chi connectivity index (χ0n) is 17.8. The van der Waals surface area contributed by atoms with Crippen LogP contribution in [0.4, 0.5) is 0 Å². The number of ether oxygens (including phenoxy) is 2. The van der Waals surface area contributed by atoms with E-state index in [2.05, 4.69) is 0 Å². The Bertz CT molecular complexity index is 1090. The molecule has 0 bridgehead atoms. The lowest BCUT2D eigenvalue weighted by atomic mass is 9.69. The number of phenols is 1. The SMILES string of the molecule is COC(=O)C1C(C)=NC2=C(C(=O)C[C@H](c3ccccc3)C2)[C@@H]1c1ccc(O)c(OC)c1. The lowest BCUT2D eigenvalue weighted by molar-refractivity contribution is -0.143. The van der Waals surface area contributed by atoms with E-state index >= 15 is 0 Å². The molecule has 0 saturated heterocycles. The van der Waals surface area contributed by atoms with Crippen LogP contribution in [0.2, 0.25) is 0 Å². The third kappa shape index (κ3) is 3.74. The Balaban J connectivity index is 1.84. The summed E-state index contributed by atoms with van der Waals surface area (Å²) in [5.41, 5.74) is 3.70. The van der Waals surface area contributed by atoms with E-state index in [0.717, 1.165) is 11.3 Å². The molecule has 1 aliphatic heterocycles. The van der Waals surface area contributed by atoms with Gasteiger partial charge in [-0.15, -0.1) is 0 Å². The molecule has 0 saturated carbocycles. The van der Waals surface area contributed by atoms with Crippen molar-refractivity contribution in [3.63, 3.8) is 0 Å². The smallest absolute Gasteiger partial charge is 0.315 e. The molecule has 4 rings (SSSR count). The number of carbonyl (C=O) groups is 2. The van der Waals surface area contributed by atoms with E-state index in [1.807, 2.05) is 30.3 Å². The lowest BCUT2D eigenvalue weighted by Gasteiger charge is -2.36. The molecule has 6 heteroatoms. The number of rotatable bonds is 4. The minimum Gasteiger partial charge on any atom is -0.504 e. The zero-order valence-corrected chi connectivity index (χ0v) is 17.8. The highest BCUT2D eigenvalue weighted by Gasteiger charge is 2.44. The minimum atomic E-state index is -0.713. The third-order valence-corrected chi connectivity index (χ3v) is 6.18. The second-order valence-corrected chi connectivity index (χ2v) is 7.96. The summed E-state index contributed by atoms with van der Waals surface area (Å²) in [7, 11) is 2.80. The molecule has 0 fully saturated rings. The average Bonchev–Trinajstić information content (AvgIpc) is 2.78. The Morgan fingerprint density at radius 1 is 1.06 bits per heavy atom. The van der Waals surface area contributed by atoms with Crippen molar-refractivity contribution >= 4 is 17.5 Å². The number of methoxy groups -OCH3 is 2. The summed E-state index contributed by atoms with van der Waals surface area (Å²) >= 11 is 0. The Hall–Kier alpha value is -3.41. The summed E-state index contributed by atoms with van der Waals surface area (Å²) in [6.07, 6.45) is 0.985. The zero-order chi connectivity index (χ0) is 22.1. The van der Waals surface area contributed by atoms with Gasteiger partial charge in [-0.25, -0.2) is 0 Å². The summed E-state index contributed by atoms with van der Waals surface area (Å²) in [6, 6.07) is 14.9. The highest BCUT2D eigenvalue weighted by Crippen LogP contribution is 2.47. The lowest BCUT2D eigenvalue weighted by Crippen LogP contribution is -2.37. The van der Waals surface area contributed by atoms with E-state index in [1.54, 1.807) is 19.1 Å². The van der Waals surface area contributed by atoms with Crippen molar-refractivity contribution in [1.82, 2.24) is 0 Å². The summed E-state index contributed by atoms with van der Waals surface area (Å²) in [5.74, 6) is -1.38. The molecule has 3 atom stereocenters. The Kier molecular flexibility index (Phi) is 5.63. The van der Waals surface area contributed by atoms with Gasteiger partial charge in [-0.05, 0) is 42.5 Å². The van der Waals surface area contributed by atoms with Crippen molar-refractivity contribution in [2.24, 2.45) is 10.9 Å². The molecule has 1 aliphatic carbocycles. The molecule has 2 aromatic carbocycles. The molecule has 6 nitrogen and oxygen atoms in total. The molecule has 1 heterocycles. The van der Waals surface area contributed by atoms with Crippen LogP contribution in [0.15, 0.2) is 64.8 Å². The summed E-state index contributed by atoms with van der Waals surface area (Å²) in [6.45, 7) is 1.80. The van der Waals surface area contributed by atoms with E-state index in [4.69, 9.17) is 14.5 Å². The molecule has 2 aromatic rings. The van der Waals surface area contributed by atoms with Crippen molar-refractivity contribution in [2.75, 3.05) is 14.2 Å². The Morgan fingerprint density at radius 3 is 2.48 bits per heavy atom. The van der Waals surface area contributed by atoms with Crippen LogP contribution in [0, 0.1) is 5.92 Å². The maximum atomic E-state index is 13.4. The second-order valence-electron chi connectivity index (χ2n) is 7.96. The standard InChI is InChI=1S/C25H25NO5/c1-14-22(25(29)31-3)23(16-9-10-19(27)21(13-16)30-2)24-18(26-14)11-17(12-20(24)28)15-7-5-4-6-8-15/h4-10,13,17,22-23,27H,11-12H2,1-3H3/t17-,22?,23-/m1/s1. The summed E-state index contributed by atoms with van der Waals surface area (Å²) in [5, 5.41) is 10.0. The first-order valence-corrected chi connectivity index (χ1v) is 10.3. The number of aliphatic imine (C=N–C) groups is 1. The maximum Gasteiger partial charge on any atom is 0.315 e. The number of hydrogen-bond donors (Lipinski definition) is 1. The molecule has 1 unspecified atom stereocenters. The van der Waals surface area contributed by atoms with Gasteiger partial charge in [0.05, 0.1) is 14.2 Å². The van der Waals surface area contributed by atoms with Gasteiger partial charge >= 0.3 is 5.97 Å². The fourth-order valence-corrected chi connectivity index (χ4v) is 4.70. The Labute approximate surface area is 181 Å². The van der Waals surface area contributed by atoms with Gasteiger partial charge in [0.2, 0.25) is 0 Å². The number of esters is 1. The van der Waals surface area contributed by atoms with Crippen molar-refractivity contribution in [2.45, 2.75) is 31.6 Å². The molecule has 1 N–H and O–H groups in total. The van der Waals surface area contributed by atoms with Crippen LogP contribution in [0.25, 0.3) is 0 Å². The highest BCUT2D eigenvalue weighted by atomic mass is 16.5. The first-order chi connectivity index (χ1) is 14.9. The van der Waals surface area contributed by atoms with Gasteiger partial charge in [-0.3, -0.25) is 14.6 Å². The fraction of sp³-hybridized carbons (Fsp3) is 0.320. The van der Waals surface area contributed by atoms with Gasteiger partial charge in [0, 0.05) is 29.3 Å². The molecule has 2 aliphatic rings. The molecule has 160 valence electrons.